The largest absolute Gasteiger partial charge is 0.397 e. The number of aromatic nitrogens is 3. The molecule has 47 heavy (non-hydrogen) atoms. The predicted molar refractivity (Wildman–Crippen MR) is 180 cm³/mol. The first-order valence-corrected chi connectivity index (χ1v) is 15.6. The number of benzene rings is 2. The number of nitrogens with two attached hydrogens (primary N) is 1. The second kappa shape index (κ2) is 11.6. The summed E-state index contributed by atoms with van der Waals surface area (Å²) in [6, 6.07) is 2.69. The lowest BCUT2D eigenvalue weighted by Crippen LogP contribution is -2.63. The van der Waals surface area contributed by atoms with Crippen molar-refractivity contribution in [2.45, 2.75) is 45.7 Å². The van der Waals surface area contributed by atoms with E-state index >= 15 is 8.78 Å². The molecule has 0 bridgehead atoms. The first-order valence-electron chi connectivity index (χ1n) is 14.8. The Morgan fingerprint density at radius 3 is 2.49 bits per heavy atom. The maximum Gasteiger partial charge on any atom is 0.354 e. The van der Waals surface area contributed by atoms with Crippen LogP contribution in [0.15, 0.2) is 41.8 Å². The van der Waals surface area contributed by atoms with E-state index in [-0.39, 0.29) is 63.6 Å². The number of hydrogen-bond acceptors (Lipinski definition) is 7. The Balaban J connectivity index is 1.81. The van der Waals surface area contributed by atoms with E-state index in [2.05, 4.69) is 16.5 Å². The molecule has 4 heterocycles. The first-order chi connectivity index (χ1) is 22.2. The van der Waals surface area contributed by atoms with Crippen molar-refractivity contribution < 1.29 is 18.4 Å². The fraction of sp³-hybridized carbons (Fsp3) is 0.303. The fourth-order valence-corrected chi connectivity index (χ4v) is 7.05. The summed E-state index contributed by atoms with van der Waals surface area (Å²) in [6.45, 7) is 11.0. The number of piperazine rings is 1. The van der Waals surface area contributed by atoms with Crippen LogP contribution >= 0.6 is 23.2 Å². The molecule has 2 aromatic carbocycles. The molecule has 0 aliphatic carbocycles. The highest BCUT2D eigenvalue weighted by atomic mass is 35.5. The molecule has 2 unspecified atom stereocenters. The van der Waals surface area contributed by atoms with Crippen molar-refractivity contribution >= 4 is 63.1 Å². The maximum atomic E-state index is 17.1. The van der Waals surface area contributed by atoms with Gasteiger partial charge in [0.15, 0.2) is 11.6 Å². The van der Waals surface area contributed by atoms with E-state index in [1.807, 2.05) is 13.8 Å². The van der Waals surface area contributed by atoms with Crippen LogP contribution in [0.25, 0.3) is 27.7 Å². The monoisotopic (exact) mass is 681 g/mol. The quantitative estimate of drug-likeness (QED) is 0.169. The molecular formula is C33H31Cl2F2N7O3. The number of carbonyl (C=O) groups excluding carboxylic acids is 2. The lowest BCUT2D eigenvalue weighted by Gasteiger charge is -2.44. The van der Waals surface area contributed by atoms with E-state index in [9.17, 15) is 14.4 Å². The van der Waals surface area contributed by atoms with Gasteiger partial charge in [0.05, 0.1) is 50.2 Å². The van der Waals surface area contributed by atoms with Crippen LogP contribution in [0.5, 0.6) is 0 Å². The van der Waals surface area contributed by atoms with Gasteiger partial charge in [-0.05, 0) is 49.6 Å². The number of aryl methyl sites for hydroxylation is 1. The molecule has 2 amide bonds. The smallest absolute Gasteiger partial charge is 0.354 e. The zero-order valence-corrected chi connectivity index (χ0v) is 27.7. The van der Waals surface area contributed by atoms with Crippen molar-refractivity contribution in [3.63, 3.8) is 0 Å². The Labute approximate surface area is 279 Å². The molecule has 10 nitrogen and oxygen atoms in total. The van der Waals surface area contributed by atoms with Crippen molar-refractivity contribution in [2.75, 3.05) is 35.7 Å². The number of nitrogen functional groups attached to an aromatic ring is 1. The summed E-state index contributed by atoms with van der Waals surface area (Å²) in [5.41, 5.74) is 5.93. The molecule has 0 spiro atoms. The minimum Gasteiger partial charge on any atom is -0.397 e. The number of likely N-dealkylation sites (N-methyl/N-ethyl adjacent to an activating group) is 1. The van der Waals surface area contributed by atoms with Gasteiger partial charge in [-0.1, -0.05) is 43.6 Å². The molecule has 244 valence electrons. The zero-order valence-electron chi connectivity index (χ0n) is 26.2. The van der Waals surface area contributed by atoms with Gasteiger partial charge >= 0.3 is 5.69 Å². The molecule has 2 N–H and O–H groups in total. The molecule has 2 aromatic heterocycles. The second-order valence-corrected chi connectivity index (χ2v) is 12.9. The van der Waals surface area contributed by atoms with E-state index < -0.39 is 45.9 Å². The summed E-state index contributed by atoms with van der Waals surface area (Å²) in [5, 5.41) is -0.382. The van der Waals surface area contributed by atoms with Crippen molar-refractivity contribution in [1.29, 1.82) is 0 Å². The zero-order chi connectivity index (χ0) is 34.2. The van der Waals surface area contributed by atoms with Crippen molar-refractivity contribution in [2.24, 2.45) is 0 Å². The van der Waals surface area contributed by atoms with Gasteiger partial charge in [0.1, 0.15) is 11.9 Å². The molecular weight excluding hydrogens is 651 g/mol. The van der Waals surface area contributed by atoms with E-state index in [0.29, 0.717) is 16.9 Å². The molecule has 6 rings (SSSR count). The summed E-state index contributed by atoms with van der Waals surface area (Å²) in [6.07, 6.45) is 2.79. The Hall–Kier alpha value is -4.55. The number of carbonyl (C=O) groups is 2. The van der Waals surface area contributed by atoms with Gasteiger partial charge in [-0.15, -0.1) is 0 Å². The highest BCUT2D eigenvalue weighted by Gasteiger charge is 2.44. The van der Waals surface area contributed by atoms with Crippen LogP contribution in [0.2, 0.25) is 10.0 Å². The highest BCUT2D eigenvalue weighted by Crippen LogP contribution is 2.47. The standard InChI is InChI=1S/C33H31Cl2F2N7O3/c1-7-22(45)42-13-21-32(46)41(6)30-24-20(10-17(25(30)36)23-26(37)18(34)11-19(35)27(23)38)44(29-15(4)8-9-39-28(29)14(2)3)33(47)40-31(24)43(21)12-16(42)5/h7-11,14,16,21H,1,12-13,38H2,2-6H3. The van der Waals surface area contributed by atoms with E-state index in [4.69, 9.17) is 28.9 Å². The summed E-state index contributed by atoms with van der Waals surface area (Å²) in [7, 11) is 1.38. The van der Waals surface area contributed by atoms with Gasteiger partial charge in [-0.25, -0.2) is 13.6 Å². The van der Waals surface area contributed by atoms with Crippen LogP contribution in [0.4, 0.5) is 26.0 Å². The number of nitrogens with zero attached hydrogens (tertiary/aromatic N) is 6. The fourth-order valence-electron chi connectivity index (χ4n) is 6.58. The number of hydrogen-bond donors (Lipinski definition) is 1. The van der Waals surface area contributed by atoms with Crippen LogP contribution in [-0.4, -0.2) is 63.5 Å². The Morgan fingerprint density at radius 2 is 1.83 bits per heavy atom. The minimum absolute atomic E-state index is 0.0483. The molecule has 2 atom stereocenters. The molecule has 2 aliphatic heterocycles. The Bertz CT molecular complexity index is 2080. The average Bonchev–Trinajstić information content (AvgIpc) is 3.11. The average molecular weight is 683 g/mol. The molecule has 0 radical (unpaired) electrons. The van der Waals surface area contributed by atoms with Crippen LogP contribution < -0.4 is 21.2 Å². The third-order valence-electron chi connectivity index (χ3n) is 8.90. The molecule has 14 heteroatoms. The third-order valence-corrected chi connectivity index (χ3v) is 9.49. The van der Waals surface area contributed by atoms with Crippen LogP contribution in [0.1, 0.15) is 37.9 Å². The Morgan fingerprint density at radius 1 is 1.13 bits per heavy atom. The number of halogens is 4. The molecule has 4 aromatic rings. The number of rotatable bonds is 4. The van der Waals surface area contributed by atoms with Gasteiger partial charge < -0.3 is 20.4 Å². The van der Waals surface area contributed by atoms with E-state index in [1.54, 1.807) is 31.0 Å². The summed E-state index contributed by atoms with van der Waals surface area (Å²) in [4.78, 5) is 54.5. The van der Waals surface area contributed by atoms with Gasteiger partial charge in [-0.2, -0.15) is 4.98 Å². The maximum absolute atomic E-state index is 17.1. The Kier molecular flexibility index (Phi) is 8.00. The third kappa shape index (κ3) is 4.84. The van der Waals surface area contributed by atoms with E-state index in [1.165, 1.54) is 22.6 Å². The van der Waals surface area contributed by atoms with Crippen molar-refractivity contribution in [1.82, 2.24) is 19.4 Å². The normalized spacial score (nSPS) is 17.7. The number of pyridine rings is 1. The summed E-state index contributed by atoms with van der Waals surface area (Å²) >= 11 is 12.4. The van der Waals surface area contributed by atoms with Gasteiger partial charge in [-0.3, -0.25) is 19.1 Å². The minimum atomic E-state index is -1.03. The van der Waals surface area contributed by atoms with Gasteiger partial charge in [0, 0.05) is 37.0 Å². The number of amides is 2. The lowest BCUT2D eigenvalue weighted by atomic mass is 9.97. The highest BCUT2D eigenvalue weighted by molar-refractivity contribution is 6.37. The van der Waals surface area contributed by atoms with Crippen molar-refractivity contribution in [3.8, 4) is 16.8 Å². The van der Waals surface area contributed by atoms with E-state index in [0.717, 1.165) is 17.0 Å². The number of anilines is 3. The molecule has 1 fully saturated rings. The SMILES string of the molecule is C=CC(=O)N1CC2C(=O)N(C)c3c(F)c(-c4c(N)c(Cl)cc(Cl)c4F)cc4c3c(nc(=O)n4-c3c(C)ccnc3C(C)C)N2CC1C. The predicted octanol–water partition coefficient (Wildman–Crippen LogP) is 5.61. The van der Waals surface area contributed by atoms with Crippen molar-refractivity contribution in [3.05, 3.63) is 80.5 Å². The van der Waals surface area contributed by atoms with Crippen LogP contribution in [-0.2, 0) is 9.59 Å². The van der Waals surface area contributed by atoms with Gasteiger partial charge in [0.25, 0.3) is 5.91 Å². The number of fused-ring (bicyclic) bond motifs is 2. The van der Waals surface area contributed by atoms with Gasteiger partial charge in [0.2, 0.25) is 5.91 Å². The summed E-state index contributed by atoms with van der Waals surface area (Å²) < 4.78 is 34.3. The molecule has 1 saturated heterocycles. The summed E-state index contributed by atoms with van der Waals surface area (Å²) in [5.74, 6) is -3.10. The molecule has 2 aliphatic rings. The second-order valence-electron chi connectivity index (χ2n) is 12.1. The topological polar surface area (TPSA) is 118 Å². The lowest BCUT2D eigenvalue weighted by molar-refractivity contribution is -0.130. The van der Waals surface area contributed by atoms with Crippen LogP contribution in [0, 0.1) is 18.6 Å². The molecule has 0 saturated carbocycles. The first kappa shape index (κ1) is 32.4. The van der Waals surface area contributed by atoms with Crippen LogP contribution in [0.3, 0.4) is 0 Å².